The van der Waals surface area contributed by atoms with Crippen LogP contribution in [0.1, 0.15) is 19.4 Å². The van der Waals surface area contributed by atoms with Crippen molar-refractivity contribution in [1.29, 1.82) is 0 Å². The van der Waals surface area contributed by atoms with E-state index >= 15 is 0 Å². The van der Waals surface area contributed by atoms with Crippen molar-refractivity contribution in [1.82, 2.24) is 5.32 Å². The van der Waals surface area contributed by atoms with Crippen molar-refractivity contribution in [2.75, 3.05) is 13.2 Å². The van der Waals surface area contributed by atoms with E-state index in [0.29, 0.717) is 35.5 Å². The summed E-state index contributed by atoms with van der Waals surface area (Å²) >= 11 is 12.0. The highest BCUT2D eigenvalue weighted by Crippen LogP contribution is 2.32. The number of rotatable bonds is 6. The average Bonchev–Trinajstić information content (AvgIpc) is 2.22. The summed E-state index contributed by atoms with van der Waals surface area (Å²) in [5.41, 5.74) is 0.894. The van der Waals surface area contributed by atoms with Gasteiger partial charge in [-0.05, 0) is 26.0 Å². The van der Waals surface area contributed by atoms with E-state index in [-0.39, 0.29) is 6.10 Å². The molecule has 0 aliphatic rings. The first-order chi connectivity index (χ1) is 8.04. The monoisotopic (exact) mass is 277 g/mol. The van der Waals surface area contributed by atoms with Crippen molar-refractivity contribution >= 4 is 23.2 Å². The molecule has 1 aromatic rings. The topological polar surface area (TPSA) is 41.5 Å². The fraction of sp³-hybridized carbons (Fsp3) is 0.500. The van der Waals surface area contributed by atoms with E-state index in [4.69, 9.17) is 33.0 Å². The molecule has 1 atom stereocenters. The molecule has 0 heterocycles. The maximum absolute atomic E-state index is 9.17. The average molecular weight is 278 g/mol. The van der Waals surface area contributed by atoms with Gasteiger partial charge >= 0.3 is 0 Å². The summed E-state index contributed by atoms with van der Waals surface area (Å²) in [6, 6.07) is 3.47. The number of benzene rings is 1. The van der Waals surface area contributed by atoms with Crippen LogP contribution in [0.2, 0.25) is 10.0 Å². The molecule has 3 nitrogen and oxygen atoms in total. The first-order valence-electron chi connectivity index (χ1n) is 5.54. The fourth-order valence-corrected chi connectivity index (χ4v) is 2.06. The summed E-state index contributed by atoms with van der Waals surface area (Å²) in [6.45, 7) is 5.24. The standard InChI is InChI=1S/C12H17Cl2NO2/c1-3-17-12-9(7-15-6-8(2)16)4-10(13)5-11(12)14/h4-5,8,15-16H,3,6-7H2,1-2H3/t8-/m0/s1. The number of halogens is 2. The zero-order valence-corrected chi connectivity index (χ0v) is 11.5. The Morgan fingerprint density at radius 1 is 1.41 bits per heavy atom. The van der Waals surface area contributed by atoms with Crippen LogP contribution in [0.4, 0.5) is 0 Å². The molecule has 0 aliphatic heterocycles. The first kappa shape index (κ1) is 14.6. The molecule has 17 heavy (non-hydrogen) atoms. The van der Waals surface area contributed by atoms with E-state index in [9.17, 15) is 0 Å². The summed E-state index contributed by atoms with van der Waals surface area (Å²) in [5.74, 6) is 0.650. The summed E-state index contributed by atoms with van der Waals surface area (Å²) < 4.78 is 5.49. The van der Waals surface area contributed by atoms with Crippen LogP contribution in [0.15, 0.2) is 12.1 Å². The molecule has 0 bridgehead atoms. The fourth-order valence-electron chi connectivity index (χ4n) is 1.47. The Hall–Kier alpha value is -0.480. The van der Waals surface area contributed by atoms with Gasteiger partial charge in [-0.1, -0.05) is 23.2 Å². The van der Waals surface area contributed by atoms with Gasteiger partial charge in [0.25, 0.3) is 0 Å². The molecule has 5 heteroatoms. The third-order valence-electron chi connectivity index (χ3n) is 2.13. The molecule has 0 unspecified atom stereocenters. The van der Waals surface area contributed by atoms with E-state index in [0.717, 1.165) is 5.56 Å². The second-order valence-electron chi connectivity index (χ2n) is 3.79. The van der Waals surface area contributed by atoms with Gasteiger partial charge in [0.15, 0.2) is 0 Å². The number of aliphatic hydroxyl groups is 1. The van der Waals surface area contributed by atoms with Crippen LogP contribution in [0.5, 0.6) is 5.75 Å². The van der Waals surface area contributed by atoms with Crippen LogP contribution >= 0.6 is 23.2 Å². The van der Waals surface area contributed by atoms with E-state index in [1.165, 1.54) is 0 Å². The molecule has 96 valence electrons. The van der Waals surface area contributed by atoms with E-state index < -0.39 is 0 Å². The zero-order valence-electron chi connectivity index (χ0n) is 9.96. The zero-order chi connectivity index (χ0) is 12.8. The SMILES string of the molecule is CCOc1c(Cl)cc(Cl)cc1CNC[C@H](C)O. The molecular weight excluding hydrogens is 261 g/mol. The molecular formula is C12H17Cl2NO2. The number of hydrogen-bond acceptors (Lipinski definition) is 3. The van der Waals surface area contributed by atoms with Gasteiger partial charge in [-0.15, -0.1) is 0 Å². The molecule has 0 fully saturated rings. The van der Waals surface area contributed by atoms with Gasteiger partial charge in [-0.25, -0.2) is 0 Å². The summed E-state index contributed by atoms with van der Waals surface area (Å²) in [6.07, 6.45) is -0.389. The van der Waals surface area contributed by atoms with Gasteiger partial charge in [0.1, 0.15) is 5.75 Å². The number of aliphatic hydroxyl groups excluding tert-OH is 1. The first-order valence-corrected chi connectivity index (χ1v) is 6.29. The molecule has 0 saturated carbocycles. The molecule has 0 saturated heterocycles. The minimum absolute atomic E-state index is 0.389. The normalized spacial score (nSPS) is 12.5. The number of nitrogens with one attached hydrogen (secondary N) is 1. The highest BCUT2D eigenvalue weighted by atomic mass is 35.5. The molecule has 1 aromatic carbocycles. The smallest absolute Gasteiger partial charge is 0.142 e. The Morgan fingerprint density at radius 2 is 2.12 bits per heavy atom. The highest BCUT2D eigenvalue weighted by molar-refractivity contribution is 6.35. The third-order valence-corrected chi connectivity index (χ3v) is 2.63. The summed E-state index contributed by atoms with van der Waals surface area (Å²) in [4.78, 5) is 0. The predicted octanol–water partition coefficient (Wildman–Crippen LogP) is 2.86. The lowest BCUT2D eigenvalue weighted by atomic mass is 10.2. The minimum atomic E-state index is -0.389. The van der Waals surface area contributed by atoms with Crippen molar-refractivity contribution in [2.45, 2.75) is 26.5 Å². The van der Waals surface area contributed by atoms with Gasteiger partial charge in [-0.2, -0.15) is 0 Å². The third kappa shape index (κ3) is 4.72. The summed E-state index contributed by atoms with van der Waals surface area (Å²) in [5, 5.41) is 13.4. The Bertz CT molecular complexity index is 370. The molecule has 0 aromatic heterocycles. The van der Waals surface area contributed by atoms with Gasteiger partial charge in [0, 0.05) is 23.7 Å². The second-order valence-corrected chi connectivity index (χ2v) is 4.63. The van der Waals surface area contributed by atoms with Crippen LogP contribution in [-0.2, 0) is 6.54 Å². The van der Waals surface area contributed by atoms with E-state index in [1.54, 1.807) is 13.0 Å². The Balaban J connectivity index is 2.80. The molecule has 1 rings (SSSR count). The van der Waals surface area contributed by atoms with Crippen molar-refractivity contribution in [2.24, 2.45) is 0 Å². The van der Waals surface area contributed by atoms with E-state index in [1.807, 2.05) is 13.0 Å². The minimum Gasteiger partial charge on any atom is -0.492 e. The van der Waals surface area contributed by atoms with Crippen LogP contribution in [-0.4, -0.2) is 24.4 Å². The van der Waals surface area contributed by atoms with Crippen LogP contribution in [0, 0.1) is 0 Å². The quantitative estimate of drug-likeness (QED) is 0.840. The van der Waals surface area contributed by atoms with E-state index in [2.05, 4.69) is 5.32 Å². The molecule has 0 radical (unpaired) electrons. The van der Waals surface area contributed by atoms with Crippen LogP contribution in [0.3, 0.4) is 0 Å². The van der Waals surface area contributed by atoms with Gasteiger partial charge in [0.2, 0.25) is 0 Å². The van der Waals surface area contributed by atoms with Gasteiger partial charge < -0.3 is 15.2 Å². The lowest BCUT2D eigenvalue weighted by Gasteiger charge is -2.14. The maximum atomic E-state index is 9.17. The Kier molecular flexibility index (Phi) is 6.06. The Morgan fingerprint density at radius 3 is 2.71 bits per heavy atom. The lowest BCUT2D eigenvalue weighted by molar-refractivity contribution is 0.190. The van der Waals surface area contributed by atoms with Crippen LogP contribution < -0.4 is 10.1 Å². The largest absolute Gasteiger partial charge is 0.492 e. The van der Waals surface area contributed by atoms with Crippen molar-refractivity contribution in [3.8, 4) is 5.75 Å². The van der Waals surface area contributed by atoms with Crippen molar-refractivity contribution < 1.29 is 9.84 Å². The maximum Gasteiger partial charge on any atom is 0.142 e. The van der Waals surface area contributed by atoms with Gasteiger partial charge in [-0.3, -0.25) is 0 Å². The summed E-state index contributed by atoms with van der Waals surface area (Å²) in [7, 11) is 0. The van der Waals surface area contributed by atoms with Crippen molar-refractivity contribution in [3.05, 3.63) is 27.7 Å². The second kappa shape index (κ2) is 7.07. The molecule has 2 N–H and O–H groups in total. The molecule has 0 aliphatic carbocycles. The number of hydrogen-bond donors (Lipinski definition) is 2. The predicted molar refractivity (Wildman–Crippen MR) is 71.0 cm³/mol. The van der Waals surface area contributed by atoms with Crippen molar-refractivity contribution in [3.63, 3.8) is 0 Å². The van der Waals surface area contributed by atoms with Crippen LogP contribution in [0.25, 0.3) is 0 Å². The molecule has 0 amide bonds. The number of ether oxygens (including phenoxy) is 1. The highest BCUT2D eigenvalue weighted by Gasteiger charge is 2.10. The Labute approximate surface area is 112 Å². The molecule has 0 spiro atoms. The van der Waals surface area contributed by atoms with Gasteiger partial charge in [0.05, 0.1) is 17.7 Å². The lowest BCUT2D eigenvalue weighted by Crippen LogP contribution is -2.24.